The fraction of sp³-hybridized carbons (Fsp3) is 0.333. The Morgan fingerprint density at radius 2 is 2.10 bits per heavy atom. The van der Waals surface area contributed by atoms with Gasteiger partial charge in [-0.3, -0.25) is 14.5 Å². The number of hydrogen-bond acceptors (Lipinski definition) is 5. The van der Waals surface area contributed by atoms with Crippen molar-refractivity contribution < 1.29 is 19.4 Å². The van der Waals surface area contributed by atoms with Crippen LogP contribution < -0.4 is 10.1 Å². The first-order chi connectivity index (χ1) is 10.0. The standard InChI is InChI=1S/C15H18N2O4/c1-10(2)21-12-5-3-4-11(8-12)16-13-9-14(19)17(6-7-18)15(13)20/h3-5,8-10,16,18H,6-7H2,1-2H3. The predicted octanol–water partition coefficient (Wildman–Crippen LogP) is 1.13. The van der Waals surface area contributed by atoms with Crippen LogP contribution in [0.4, 0.5) is 5.69 Å². The lowest BCUT2D eigenvalue weighted by molar-refractivity contribution is -0.137. The van der Waals surface area contributed by atoms with Gasteiger partial charge >= 0.3 is 0 Å². The molecule has 2 amide bonds. The topological polar surface area (TPSA) is 78.9 Å². The molecule has 1 aromatic carbocycles. The Morgan fingerprint density at radius 1 is 1.33 bits per heavy atom. The Balaban J connectivity index is 2.10. The smallest absolute Gasteiger partial charge is 0.277 e. The van der Waals surface area contributed by atoms with Gasteiger partial charge in [0.05, 0.1) is 19.3 Å². The van der Waals surface area contributed by atoms with Crippen molar-refractivity contribution in [2.24, 2.45) is 0 Å². The normalized spacial score (nSPS) is 14.7. The summed E-state index contributed by atoms with van der Waals surface area (Å²) in [6.07, 6.45) is 1.28. The molecular formula is C15H18N2O4. The number of imide groups is 1. The van der Waals surface area contributed by atoms with E-state index in [1.165, 1.54) is 6.08 Å². The van der Waals surface area contributed by atoms with Crippen LogP contribution in [0.3, 0.4) is 0 Å². The molecular weight excluding hydrogens is 272 g/mol. The van der Waals surface area contributed by atoms with Crippen molar-refractivity contribution in [1.82, 2.24) is 4.90 Å². The number of carbonyl (C=O) groups is 2. The van der Waals surface area contributed by atoms with E-state index in [0.717, 1.165) is 4.90 Å². The summed E-state index contributed by atoms with van der Waals surface area (Å²) >= 11 is 0. The molecule has 21 heavy (non-hydrogen) atoms. The van der Waals surface area contributed by atoms with Crippen LogP contribution in [-0.4, -0.2) is 41.1 Å². The highest BCUT2D eigenvalue weighted by atomic mass is 16.5. The molecule has 0 radical (unpaired) electrons. The molecule has 1 aliphatic heterocycles. The summed E-state index contributed by atoms with van der Waals surface area (Å²) in [5.74, 6) is -0.185. The zero-order valence-electron chi connectivity index (χ0n) is 12.0. The summed E-state index contributed by atoms with van der Waals surface area (Å²) in [7, 11) is 0. The number of benzene rings is 1. The molecule has 0 saturated carbocycles. The first-order valence-electron chi connectivity index (χ1n) is 6.73. The second-order valence-electron chi connectivity index (χ2n) is 4.90. The number of β-amino-alcohol motifs (C(OH)–C–C–N with tert-alkyl or cyclic N) is 1. The van der Waals surface area contributed by atoms with Crippen LogP contribution in [0.2, 0.25) is 0 Å². The molecule has 1 heterocycles. The minimum Gasteiger partial charge on any atom is -0.491 e. The molecule has 1 aliphatic rings. The molecule has 6 nitrogen and oxygen atoms in total. The molecule has 0 spiro atoms. The Kier molecular flexibility index (Phi) is 4.59. The van der Waals surface area contributed by atoms with Gasteiger partial charge in [0.2, 0.25) is 0 Å². The van der Waals surface area contributed by atoms with E-state index >= 15 is 0 Å². The van der Waals surface area contributed by atoms with Crippen molar-refractivity contribution in [3.8, 4) is 5.75 Å². The maximum atomic E-state index is 12.0. The number of amides is 2. The van der Waals surface area contributed by atoms with Crippen LogP contribution in [0.5, 0.6) is 5.75 Å². The van der Waals surface area contributed by atoms with Gasteiger partial charge in [-0.05, 0) is 26.0 Å². The van der Waals surface area contributed by atoms with Gasteiger partial charge in [0.1, 0.15) is 11.4 Å². The number of rotatable bonds is 6. The summed E-state index contributed by atoms with van der Waals surface area (Å²) < 4.78 is 5.57. The van der Waals surface area contributed by atoms with Crippen LogP contribution >= 0.6 is 0 Å². The van der Waals surface area contributed by atoms with E-state index in [1.54, 1.807) is 18.2 Å². The molecule has 2 N–H and O–H groups in total. The van der Waals surface area contributed by atoms with E-state index in [9.17, 15) is 9.59 Å². The van der Waals surface area contributed by atoms with Crippen molar-refractivity contribution in [2.45, 2.75) is 20.0 Å². The monoisotopic (exact) mass is 290 g/mol. The third kappa shape index (κ3) is 3.61. The van der Waals surface area contributed by atoms with Gasteiger partial charge in [-0.25, -0.2) is 0 Å². The van der Waals surface area contributed by atoms with Gasteiger partial charge in [-0.15, -0.1) is 0 Å². The van der Waals surface area contributed by atoms with Crippen LogP contribution in [0.15, 0.2) is 36.0 Å². The quantitative estimate of drug-likeness (QED) is 0.768. The lowest BCUT2D eigenvalue weighted by Crippen LogP contribution is -2.34. The van der Waals surface area contributed by atoms with E-state index in [2.05, 4.69) is 5.32 Å². The van der Waals surface area contributed by atoms with Gasteiger partial charge in [0, 0.05) is 17.8 Å². The molecule has 0 unspecified atom stereocenters. The molecule has 1 aromatic rings. The number of hydrogen-bond donors (Lipinski definition) is 2. The largest absolute Gasteiger partial charge is 0.491 e. The third-order valence-corrected chi connectivity index (χ3v) is 2.82. The van der Waals surface area contributed by atoms with Gasteiger partial charge in [0.25, 0.3) is 11.8 Å². The average Bonchev–Trinajstić information content (AvgIpc) is 2.66. The maximum Gasteiger partial charge on any atom is 0.277 e. The van der Waals surface area contributed by atoms with E-state index in [1.807, 2.05) is 19.9 Å². The lowest BCUT2D eigenvalue weighted by Gasteiger charge is -2.14. The predicted molar refractivity (Wildman–Crippen MR) is 77.7 cm³/mol. The van der Waals surface area contributed by atoms with Gasteiger partial charge in [0.15, 0.2) is 0 Å². The van der Waals surface area contributed by atoms with Crippen molar-refractivity contribution in [3.05, 3.63) is 36.0 Å². The van der Waals surface area contributed by atoms with E-state index < -0.39 is 11.8 Å². The first kappa shape index (κ1) is 15.1. The minimum atomic E-state index is -0.441. The Labute approximate surface area is 123 Å². The third-order valence-electron chi connectivity index (χ3n) is 2.82. The number of nitrogens with zero attached hydrogens (tertiary/aromatic N) is 1. The number of ether oxygens (including phenoxy) is 1. The number of nitrogens with one attached hydrogen (secondary N) is 1. The van der Waals surface area contributed by atoms with E-state index in [4.69, 9.17) is 9.84 Å². The second kappa shape index (κ2) is 6.41. The summed E-state index contributed by atoms with van der Waals surface area (Å²) in [6.45, 7) is 3.59. The average molecular weight is 290 g/mol. The molecule has 0 aliphatic carbocycles. The molecule has 112 valence electrons. The van der Waals surface area contributed by atoms with Crippen LogP contribution in [-0.2, 0) is 9.59 Å². The highest BCUT2D eigenvalue weighted by Crippen LogP contribution is 2.22. The number of aliphatic hydroxyl groups excluding tert-OH is 1. The molecule has 2 rings (SSSR count). The lowest BCUT2D eigenvalue weighted by atomic mass is 10.2. The summed E-state index contributed by atoms with van der Waals surface area (Å²) in [5, 5.41) is 11.8. The molecule has 0 bridgehead atoms. The second-order valence-corrected chi connectivity index (χ2v) is 4.90. The number of carbonyl (C=O) groups excluding carboxylic acids is 2. The first-order valence-corrected chi connectivity index (χ1v) is 6.73. The van der Waals surface area contributed by atoms with E-state index in [-0.39, 0.29) is 25.0 Å². The fourth-order valence-electron chi connectivity index (χ4n) is 1.98. The van der Waals surface area contributed by atoms with Crippen molar-refractivity contribution in [2.75, 3.05) is 18.5 Å². The number of aliphatic hydroxyl groups is 1. The Bertz CT molecular complexity index is 581. The van der Waals surface area contributed by atoms with Crippen molar-refractivity contribution in [1.29, 1.82) is 0 Å². The van der Waals surface area contributed by atoms with Crippen LogP contribution in [0, 0.1) is 0 Å². The molecule has 0 aromatic heterocycles. The Morgan fingerprint density at radius 3 is 2.76 bits per heavy atom. The van der Waals surface area contributed by atoms with Gasteiger partial charge < -0.3 is 15.2 Å². The fourth-order valence-corrected chi connectivity index (χ4v) is 1.98. The summed E-state index contributed by atoms with van der Waals surface area (Å²) in [5.41, 5.74) is 0.849. The van der Waals surface area contributed by atoms with Crippen LogP contribution in [0.1, 0.15) is 13.8 Å². The van der Waals surface area contributed by atoms with Crippen LogP contribution in [0.25, 0.3) is 0 Å². The molecule has 0 fully saturated rings. The van der Waals surface area contributed by atoms with Gasteiger partial charge in [-0.1, -0.05) is 6.07 Å². The molecule has 0 saturated heterocycles. The van der Waals surface area contributed by atoms with Crippen molar-refractivity contribution in [3.63, 3.8) is 0 Å². The van der Waals surface area contributed by atoms with E-state index in [0.29, 0.717) is 11.4 Å². The zero-order valence-corrected chi connectivity index (χ0v) is 12.0. The Hall–Kier alpha value is -2.34. The molecule has 6 heteroatoms. The maximum absolute atomic E-state index is 12.0. The highest BCUT2D eigenvalue weighted by molar-refractivity contribution is 6.17. The number of anilines is 1. The minimum absolute atomic E-state index is 0.00412. The SMILES string of the molecule is CC(C)Oc1cccc(NC2=CC(=O)N(CCO)C2=O)c1. The zero-order chi connectivity index (χ0) is 15.4. The highest BCUT2D eigenvalue weighted by Gasteiger charge is 2.30. The van der Waals surface area contributed by atoms with Crippen molar-refractivity contribution >= 4 is 17.5 Å². The summed E-state index contributed by atoms with van der Waals surface area (Å²) in [6, 6.07) is 7.15. The molecule has 0 atom stereocenters. The summed E-state index contributed by atoms with van der Waals surface area (Å²) in [4.78, 5) is 24.6. The van der Waals surface area contributed by atoms with Gasteiger partial charge in [-0.2, -0.15) is 0 Å².